The minimum Gasteiger partial charge on any atom is -0.599 e. The predicted molar refractivity (Wildman–Crippen MR) is 58.4 cm³/mol. The molecular weight excluding hydrogens is 206 g/mol. The van der Waals surface area contributed by atoms with Crippen LogP contribution in [0.2, 0.25) is 0 Å². The fourth-order valence-electron chi connectivity index (χ4n) is 4.33. The molecule has 0 amide bonds. The van der Waals surface area contributed by atoms with Gasteiger partial charge in [0.2, 0.25) is 0 Å². The topological polar surface area (TPSA) is 88.8 Å². The molecule has 0 saturated heterocycles. The summed E-state index contributed by atoms with van der Waals surface area (Å²) >= 11 is 0. The first-order valence-electron chi connectivity index (χ1n) is 6.32. The van der Waals surface area contributed by atoms with E-state index in [4.69, 9.17) is 16.3 Å². The zero-order valence-electron chi connectivity index (χ0n) is 9.52. The summed E-state index contributed by atoms with van der Waals surface area (Å²) in [5.41, 5.74) is 11.0. The smallest absolute Gasteiger partial charge is 0.181 e. The average Bonchev–Trinajstić information content (AvgIpc) is 2.25. The first-order valence-corrected chi connectivity index (χ1v) is 6.32. The molecule has 5 N–H and O–H groups in total. The summed E-state index contributed by atoms with van der Waals surface area (Å²) < 4.78 is 0. The molecule has 4 saturated carbocycles. The summed E-state index contributed by atoms with van der Waals surface area (Å²) in [6, 6.07) is 0. The van der Waals surface area contributed by atoms with Gasteiger partial charge >= 0.3 is 0 Å². The van der Waals surface area contributed by atoms with Crippen molar-refractivity contribution in [2.75, 3.05) is 6.67 Å². The van der Waals surface area contributed by atoms with E-state index in [0.717, 1.165) is 37.5 Å². The Hall–Kier alpha value is -0.200. The minimum atomic E-state index is -0.704. The Morgan fingerprint density at radius 3 is 2.06 bits per heavy atom. The molecule has 5 nitrogen and oxygen atoms in total. The number of hydrogen-bond donors (Lipinski definition) is 3. The number of rotatable bonds is 3. The lowest BCUT2D eigenvalue weighted by Gasteiger charge is -2.58. The van der Waals surface area contributed by atoms with Crippen LogP contribution in [-0.4, -0.2) is 12.4 Å². The summed E-state index contributed by atoms with van der Waals surface area (Å²) in [6.45, 7) is -0.0642. The van der Waals surface area contributed by atoms with Crippen LogP contribution in [0, 0.1) is 28.9 Å². The van der Waals surface area contributed by atoms with Crippen LogP contribution >= 0.6 is 0 Å². The van der Waals surface area contributed by atoms with Crippen molar-refractivity contribution in [2.45, 2.75) is 37.8 Å². The Balaban J connectivity index is 1.79. The summed E-state index contributed by atoms with van der Waals surface area (Å²) in [6.07, 6.45) is 5.93. The van der Waals surface area contributed by atoms with E-state index in [1.54, 1.807) is 0 Å². The van der Waals surface area contributed by atoms with Crippen molar-refractivity contribution in [1.82, 2.24) is 0 Å². The third-order valence-electron chi connectivity index (χ3n) is 4.87. The van der Waals surface area contributed by atoms with E-state index in [1.807, 2.05) is 0 Å². The van der Waals surface area contributed by atoms with Gasteiger partial charge in [-0.05, 0) is 43.9 Å². The van der Waals surface area contributed by atoms with Crippen LogP contribution in [-0.2, 0) is 4.84 Å². The van der Waals surface area contributed by atoms with Gasteiger partial charge in [-0.15, -0.1) is 0 Å². The Labute approximate surface area is 95.6 Å². The molecule has 0 aromatic heterocycles. The number of hydrogen-bond acceptors (Lipinski definition) is 4. The molecule has 0 aliphatic heterocycles. The van der Waals surface area contributed by atoms with Crippen LogP contribution in [0.15, 0.2) is 0 Å². The highest BCUT2D eigenvalue weighted by Crippen LogP contribution is 2.57. The molecule has 4 rings (SSSR count). The van der Waals surface area contributed by atoms with Crippen LogP contribution in [0.5, 0.6) is 0 Å². The van der Waals surface area contributed by atoms with E-state index >= 15 is 0 Å². The Morgan fingerprint density at radius 2 is 1.62 bits per heavy atom. The molecule has 92 valence electrons. The summed E-state index contributed by atoms with van der Waals surface area (Å²) in [7, 11) is 0. The van der Waals surface area contributed by atoms with E-state index in [2.05, 4.69) is 0 Å². The summed E-state index contributed by atoms with van der Waals surface area (Å²) in [5, 5.41) is 11.0. The van der Waals surface area contributed by atoms with Gasteiger partial charge in [0.25, 0.3) is 0 Å². The Bertz CT molecular complexity index is 256. The molecule has 4 aliphatic rings. The van der Waals surface area contributed by atoms with Gasteiger partial charge in [-0.25, -0.2) is 5.23 Å². The number of hydroxylamine groups is 2. The molecule has 0 heterocycles. The van der Waals surface area contributed by atoms with E-state index in [0.29, 0.717) is 11.8 Å². The van der Waals surface area contributed by atoms with Crippen molar-refractivity contribution >= 4 is 0 Å². The SMILES string of the molecule is NC[NH+]([O-])OC1(N)C2CC3CC(C2)CC1C3. The first-order chi connectivity index (χ1) is 7.61. The molecule has 1 unspecified atom stereocenters. The van der Waals surface area contributed by atoms with Gasteiger partial charge in [-0.3, -0.25) is 11.5 Å². The fourth-order valence-corrected chi connectivity index (χ4v) is 4.33. The first kappa shape index (κ1) is 10.9. The quantitative estimate of drug-likeness (QED) is 0.440. The number of quaternary nitrogens is 1. The zero-order valence-corrected chi connectivity index (χ0v) is 9.52. The zero-order chi connectivity index (χ0) is 11.3. The second-order valence-corrected chi connectivity index (χ2v) is 5.84. The molecular formula is C11H21N3O2. The Kier molecular flexibility index (Phi) is 2.49. The maximum atomic E-state index is 11.4. The second-order valence-electron chi connectivity index (χ2n) is 5.84. The van der Waals surface area contributed by atoms with Gasteiger partial charge in [-0.2, -0.15) is 4.84 Å². The van der Waals surface area contributed by atoms with Crippen molar-refractivity contribution in [1.29, 1.82) is 0 Å². The lowest BCUT2D eigenvalue weighted by molar-refractivity contribution is -1.07. The van der Waals surface area contributed by atoms with Gasteiger partial charge < -0.3 is 5.21 Å². The van der Waals surface area contributed by atoms with Crippen LogP contribution in [0.1, 0.15) is 32.1 Å². The molecule has 4 bridgehead atoms. The van der Waals surface area contributed by atoms with Gasteiger partial charge in [-0.1, -0.05) is 0 Å². The maximum Gasteiger partial charge on any atom is 0.181 e. The monoisotopic (exact) mass is 227 g/mol. The van der Waals surface area contributed by atoms with Gasteiger partial charge in [0, 0.05) is 11.8 Å². The van der Waals surface area contributed by atoms with Crippen molar-refractivity contribution < 1.29 is 10.1 Å². The normalized spacial score (nSPS) is 51.9. The molecule has 0 aromatic rings. The maximum absolute atomic E-state index is 11.4. The summed E-state index contributed by atoms with van der Waals surface area (Å²) in [5.74, 6) is 2.41. The predicted octanol–water partition coefficient (Wildman–Crippen LogP) is -0.672. The highest BCUT2D eigenvalue weighted by Gasteiger charge is 2.58. The van der Waals surface area contributed by atoms with Crippen LogP contribution in [0.4, 0.5) is 0 Å². The second kappa shape index (κ2) is 3.65. The van der Waals surface area contributed by atoms with Gasteiger partial charge in [0.1, 0.15) is 0 Å². The summed E-state index contributed by atoms with van der Waals surface area (Å²) in [4.78, 5) is 5.48. The largest absolute Gasteiger partial charge is 0.599 e. The highest BCUT2D eigenvalue weighted by atomic mass is 16.9. The third kappa shape index (κ3) is 1.50. The Morgan fingerprint density at radius 1 is 1.12 bits per heavy atom. The number of nitrogens with one attached hydrogen (secondary N) is 1. The van der Waals surface area contributed by atoms with Crippen LogP contribution in [0.25, 0.3) is 0 Å². The van der Waals surface area contributed by atoms with E-state index in [-0.39, 0.29) is 11.9 Å². The number of nitrogens with two attached hydrogens (primary N) is 2. The van der Waals surface area contributed by atoms with E-state index in [1.165, 1.54) is 6.42 Å². The molecule has 5 heteroatoms. The molecule has 1 atom stereocenters. The van der Waals surface area contributed by atoms with Crippen molar-refractivity contribution in [3.8, 4) is 0 Å². The molecule has 0 radical (unpaired) electrons. The van der Waals surface area contributed by atoms with E-state index < -0.39 is 5.72 Å². The molecule has 4 fully saturated rings. The molecule has 4 aliphatic carbocycles. The highest BCUT2D eigenvalue weighted by molar-refractivity contribution is 5.04. The van der Waals surface area contributed by atoms with Gasteiger partial charge in [0.05, 0.1) is 0 Å². The van der Waals surface area contributed by atoms with Crippen molar-refractivity contribution in [3.05, 3.63) is 5.21 Å². The third-order valence-corrected chi connectivity index (χ3v) is 4.87. The van der Waals surface area contributed by atoms with Crippen LogP contribution < -0.4 is 16.7 Å². The standard InChI is InChI=1S/C11H21N3O2/c12-6-14(15)16-11(13)9-2-7-1-8(4-9)5-10(11)3-7/h7-10,14H,1-6,12-13H2. The average molecular weight is 227 g/mol. The lowest BCUT2D eigenvalue weighted by atomic mass is 9.52. The van der Waals surface area contributed by atoms with Crippen molar-refractivity contribution in [3.63, 3.8) is 0 Å². The molecule has 0 aromatic carbocycles. The van der Waals surface area contributed by atoms with Crippen molar-refractivity contribution in [2.24, 2.45) is 35.1 Å². The van der Waals surface area contributed by atoms with E-state index in [9.17, 15) is 5.21 Å². The van der Waals surface area contributed by atoms with Gasteiger partial charge in [0.15, 0.2) is 12.4 Å². The van der Waals surface area contributed by atoms with Crippen LogP contribution in [0.3, 0.4) is 0 Å². The lowest BCUT2D eigenvalue weighted by Crippen LogP contribution is -3.10. The molecule has 16 heavy (non-hydrogen) atoms. The molecule has 0 spiro atoms. The fraction of sp³-hybridized carbons (Fsp3) is 1.00. The minimum absolute atomic E-state index is 0.0642.